The van der Waals surface area contributed by atoms with Crippen LogP contribution in [0, 0.1) is 0 Å². The Kier molecular flexibility index (Phi) is 8.45. The molecule has 0 amide bonds. The summed E-state index contributed by atoms with van der Waals surface area (Å²) in [6.07, 6.45) is -1.23. The second kappa shape index (κ2) is 8.23. The first-order valence-corrected chi connectivity index (χ1v) is 4.58. The van der Waals surface area contributed by atoms with Gasteiger partial charge < -0.3 is 14.9 Å². The summed E-state index contributed by atoms with van der Waals surface area (Å²) in [6.45, 7) is 10.8. The average Bonchev–Trinajstić information content (AvgIpc) is 2.17. The lowest BCUT2D eigenvalue weighted by atomic mass is 10.3. The number of aliphatic hydroxyl groups excluding tert-OH is 1. The molecular weight excluding hydrogens is 228 g/mol. The van der Waals surface area contributed by atoms with Gasteiger partial charge >= 0.3 is 17.9 Å². The minimum atomic E-state index is -1.23. The minimum Gasteiger partial charge on any atom is -0.479 e. The molecule has 6 nitrogen and oxygen atoms in total. The summed E-state index contributed by atoms with van der Waals surface area (Å²) >= 11 is 0. The number of rotatable bonds is 3. The third kappa shape index (κ3) is 10.3. The van der Waals surface area contributed by atoms with E-state index in [4.69, 9.17) is 10.2 Å². The molecule has 0 aromatic rings. The van der Waals surface area contributed by atoms with Gasteiger partial charge in [-0.3, -0.25) is 0 Å². The quantitative estimate of drug-likeness (QED) is 0.429. The van der Waals surface area contributed by atoms with E-state index < -0.39 is 24.0 Å². The van der Waals surface area contributed by atoms with Crippen molar-refractivity contribution in [3.63, 3.8) is 0 Å². The van der Waals surface area contributed by atoms with Crippen molar-refractivity contribution in [3.05, 3.63) is 24.3 Å². The van der Waals surface area contributed by atoms with Gasteiger partial charge in [-0.1, -0.05) is 13.2 Å². The number of carboxylic acids is 1. The van der Waals surface area contributed by atoms with Crippen molar-refractivity contribution < 1.29 is 29.3 Å². The first kappa shape index (κ1) is 17.4. The Labute approximate surface area is 99.2 Å². The maximum atomic E-state index is 10.7. The molecule has 0 saturated carbocycles. The highest BCUT2D eigenvalue weighted by atomic mass is 16.6. The molecule has 1 atom stereocenters. The molecule has 0 spiro atoms. The molecule has 0 rings (SSSR count). The average molecular weight is 244 g/mol. The van der Waals surface area contributed by atoms with E-state index in [9.17, 15) is 14.4 Å². The number of carboxylic acid groups (broad SMARTS) is 1. The summed E-state index contributed by atoms with van der Waals surface area (Å²) in [5.74, 6) is -2.61. The monoisotopic (exact) mass is 244 g/mol. The van der Waals surface area contributed by atoms with E-state index in [2.05, 4.69) is 17.9 Å². The third-order valence-corrected chi connectivity index (χ3v) is 1.24. The number of carbonyl (C=O) groups excluding carboxylic acids is 2. The van der Waals surface area contributed by atoms with Gasteiger partial charge in [0.05, 0.1) is 0 Å². The maximum absolute atomic E-state index is 10.7. The van der Waals surface area contributed by atoms with Gasteiger partial charge in [0.2, 0.25) is 0 Å². The van der Waals surface area contributed by atoms with Crippen LogP contribution in [0.1, 0.15) is 20.8 Å². The van der Waals surface area contributed by atoms with Crippen molar-refractivity contribution in [1.29, 1.82) is 0 Å². The number of ether oxygens (including phenoxy) is 1. The second-order valence-electron chi connectivity index (χ2n) is 3.25. The van der Waals surface area contributed by atoms with Crippen LogP contribution in [0.15, 0.2) is 24.3 Å². The predicted octanol–water partition coefficient (Wildman–Crippen LogP) is 0.660. The molecule has 0 aliphatic carbocycles. The van der Waals surface area contributed by atoms with Crippen LogP contribution in [0.2, 0.25) is 0 Å². The lowest BCUT2D eigenvalue weighted by Crippen LogP contribution is -2.13. The van der Waals surface area contributed by atoms with Crippen molar-refractivity contribution in [2.75, 3.05) is 0 Å². The smallest absolute Gasteiger partial charge is 0.340 e. The Morgan fingerprint density at radius 3 is 1.41 bits per heavy atom. The van der Waals surface area contributed by atoms with Crippen LogP contribution in [0.4, 0.5) is 0 Å². The van der Waals surface area contributed by atoms with Crippen LogP contribution < -0.4 is 0 Å². The van der Waals surface area contributed by atoms with E-state index in [1.807, 2.05) is 0 Å². The second-order valence-corrected chi connectivity index (χ2v) is 3.25. The Morgan fingerprint density at radius 1 is 1.06 bits per heavy atom. The van der Waals surface area contributed by atoms with Gasteiger partial charge in [-0.05, 0) is 20.8 Å². The van der Waals surface area contributed by atoms with Crippen molar-refractivity contribution >= 4 is 17.9 Å². The Bertz CT molecular complexity index is 316. The first-order chi connectivity index (χ1) is 7.59. The molecule has 96 valence electrons. The maximum Gasteiger partial charge on any atom is 0.340 e. The zero-order valence-electron chi connectivity index (χ0n) is 10.0. The molecule has 0 aliphatic rings. The van der Waals surface area contributed by atoms with Crippen molar-refractivity contribution in [3.8, 4) is 0 Å². The molecule has 0 fully saturated rings. The Balaban J connectivity index is 0. The summed E-state index contributed by atoms with van der Waals surface area (Å²) < 4.78 is 4.30. The van der Waals surface area contributed by atoms with E-state index in [1.165, 1.54) is 20.8 Å². The van der Waals surface area contributed by atoms with Gasteiger partial charge in [0.1, 0.15) is 6.10 Å². The van der Waals surface area contributed by atoms with Gasteiger partial charge in [-0.25, -0.2) is 14.4 Å². The SMILES string of the molecule is C=C(C)C(=O)OC(=O)C(=C)C.CC(O)C(=O)O. The molecule has 0 heterocycles. The van der Waals surface area contributed by atoms with E-state index in [0.29, 0.717) is 0 Å². The lowest BCUT2D eigenvalue weighted by molar-refractivity contribution is -0.154. The molecule has 0 aromatic heterocycles. The van der Waals surface area contributed by atoms with Crippen LogP contribution >= 0.6 is 0 Å². The lowest BCUT2D eigenvalue weighted by Gasteiger charge is -1.99. The highest BCUT2D eigenvalue weighted by molar-refractivity contribution is 6.00. The molecule has 6 heteroatoms. The predicted molar refractivity (Wildman–Crippen MR) is 60.0 cm³/mol. The summed E-state index contributed by atoms with van der Waals surface area (Å²) in [7, 11) is 0. The topological polar surface area (TPSA) is 101 Å². The molecule has 0 aromatic carbocycles. The van der Waals surface area contributed by atoms with Gasteiger partial charge in [0, 0.05) is 11.1 Å². The zero-order chi connectivity index (χ0) is 14.2. The largest absolute Gasteiger partial charge is 0.479 e. The molecule has 0 radical (unpaired) electrons. The van der Waals surface area contributed by atoms with Crippen LogP contribution in [-0.4, -0.2) is 34.2 Å². The van der Waals surface area contributed by atoms with E-state index in [0.717, 1.165) is 0 Å². The number of aliphatic carboxylic acids is 1. The molecule has 1 unspecified atom stereocenters. The fourth-order valence-corrected chi connectivity index (χ4v) is 0.258. The standard InChI is InChI=1S/C8H10O3.C3H6O3/c1-5(2)7(9)11-8(10)6(3)4;1-2(4)3(5)6/h1,3H2,2,4H3;2,4H,1H3,(H,5,6). The first-order valence-electron chi connectivity index (χ1n) is 4.58. The van der Waals surface area contributed by atoms with E-state index in [1.54, 1.807) is 0 Å². The van der Waals surface area contributed by atoms with Crippen molar-refractivity contribution in [2.45, 2.75) is 26.9 Å². The summed E-state index contributed by atoms with van der Waals surface area (Å²) in [5, 5.41) is 15.8. The van der Waals surface area contributed by atoms with E-state index >= 15 is 0 Å². The summed E-state index contributed by atoms with van der Waals surface area (Å²) in [6, 6.07) is 0. The summed E-state index contributed by atoms with van der Waals surface area (Å²) in [5.41, 5.74) is 0.388. The normalized spacial score (nSPS) is 10.4. The highest BCUT2D eigenvalue weighted by Crippen LogP contribution is 1.97. The van der Waals surface area contributed by atoms with Gasteiger partial charge in [-0.2, -0.15) is 0 Å². The van der Waals surface area contributed by atoms with Crippen molar-refractivity contribution in [2.24, 2.45) is 0 Å². The molecule has 0 bridgehead atoms. The van der Waals surface area contributed by atoms with Crippen LogP contribution in [0.3, 0.4) is 0 Å². The fraction of sp³-hybridized carbons (Fsp3) is 0.364. The van der Waals surface area contributed by atoms with Gasteiger partial charge in [0.25, 0.3) is 0 Å². The number of hydrogen-bond donors (Lipinski definition) is 2. The summed E-state index contributed by atoms with van der Waals surface area (Å²) in [4.78, 5) is 30.8. The molecule has 2 N–H and O–H groups in total. The Morgan fingerprint density at radius 2 is 1.29 bits per heavy atom. The number of aliphatic hydroxyl groups is 1. The van der Waals surface area contributed by atoms with Crippen LogP contribution in [-0.2, 0) is 19.1 Å². The zero-order valence-corrected chi connectivity index (χ0v) is 10.0. The highest BCUT2D eigenvalue weighted by Gasteiger charge is 2.10. The van der Waals surface area contributed by atoms with Crippen LogP contribution in [0.5, 0.6) is 0 Å². The van der Waals surface area contributed by atoms with Gasteiger partial charge in [0.15, 0.2) is 0 Å². The molecule has 17 heavy (non-hydrogen) atoms. The third-order valence-electron chi connectivity index (χ3n) is 1.24. The number of carbonyl (C=O) groups is 3. The van der Waals surface area contributed by atoms with Gasteiger partial charge in [-0.15, -0.1) is 0 Å². The number of hydrogen-bond acceptors (Lipinski definition) is 5. The molecule has 0 saturated heterocycles. The fourth-order valence-electron chi connectivity index (χ4n) is 0.258. The van der Waals surface area contributed by atoms with E-state index in [-0.39, 0.29) is 11.1 Å². The molecule has 0 aliphatic heterocycles. The van der Waals surface area contributed by atoms with Crippen molar-refractivity contribution in [1.82, 2.24) is 0 Å². The molecular formula is C11H16O6. The minimum absolute atomic E-state index is 0.194. The number of esters is 2. The van der Waals surface area contributed by atoms with Crippen LogP contribution in [0.25, 0.3) is 0 Å². The Hall–Kier alpha value is -1.95.